The Morgan fingerprint density at radius 1 is 1.12 bits per heavy atom. The zero-order chi connectivity index (χ0) is 17.6. The summed E-state index contributed by atoms with van der Waals surface area (Å²) >= 11 is 0. The van der Waals surface area contributed by atoms with Crippen molar-refractivity contribution in [2.24, 2.45) is 0 Å². The standard InChI is InChI=1S/C20H21NO4/c1-24-18-5-2-4-15(14-18)7-12-20(23)25-17-10-8-16(9-11-17)21-13-3-6-19(21)22/h2,4-5,8-11,14H,3,6-7,12-13H2,1H3. The smallest absolute Gasteiger partial charge is 0.311 e. The molecule has 1 saturated heterocycles. The maximum absolute atomic E-state index is 12.0. The molecular weight excluding hydrogens is 318 g/mol. The van der Waals surface area contributed by atoms with E-state index in [0.717, 1.165) is 30.0 Å². The summed E-state index contributed by atoms with van der Waals surface area (Å²) in [7, 11) is 1.62. The Balaban J connectivity index is 1.53. The van der Waals surface area contributed by atoms with Crippen LogP contribution in [0.2, 0.25) is 0 Å². The Kier molecular flexibility index (Phi) is 5.33. The van der Waals surface area contributed by atoms with E-state index >= 15 is 0 Å². The number of hydrogen-bond donors (Lipinski definition) is 0. The first kappa shape index (κ1) is 17.0. The fraction of sp³-hybridized carbons (Fsp3) is 0.300. The number of esters is 1. The molecule has 3 rings (SSSR count). The quantitative estimate of drug-likeness (QED) is 0.598. The van der Waals surface area contributed by atoms with Gasteiger partial charge in [0.1, 0.15) is 11.5 Å². The average molecular weight is 339 g/mol. The van der Waals surface area contributed by atoms with E-state index in [2.05, 4.69) is 0 Å². The molecule has 1 fully saturated rings. The highest BCUT2D eigenvalue weighted by Crippen LogP contribution is 2.24. The lowest BCUT2D eigenvalue weighted by atomic mass is 10.1. The van der Waals surface area contributed by atoms with E-state index in [1.807, 2.05) is 36.4 Å². The van der Waals surface area contributed by atoms with E-state index < -0.39 is 0 Å². The van der Waals surface area contributed by atoms with Crippen molar-refractivity contribution in [3.63, 3.8) is 0 Å². The van der Waals surface area contributed by atoms with E-state index in [0.29, 0.717) is 25.0 Å². The van der Waals surface area contributed by atoms with Gasteiger partial charge >= 0.3 is 5.97 Å². The van der Waals surface area contributed by atoms with E-state index in [-0.39, 0.29) is 11.9 Å². The van der Waals surface area contributed by atoms with Crippen LogP contribution in [-0.4, -0.2) is 25.5 Å². The molecular formula is C20H21NO4. The van der Waals surface area contributed by atoms with Crippen molar-refractivity contribution >= 4 is 17.6 Å². The maximum atomic E-state index is 12.0. The monoisotopic (exact) mass is 339 g/mol. The minimum Gasteiger partial charge on any atom is -0.497 e. The third-order valence-electron chi connectivity index (χ3n) is 4.21. The van der Waals surface area contributed by atoms with Crippen LogP contribution in [0.3, 0.4) is 0 Å². The zero-order valence-electron chi connectivity index (χ0n) is 14.2. The van der Waals surface area contributed by atoms with Gasteiger partial charge in [0.2, 0.25) is 5.91 Å². The van der Waals surface area contributed by atoms with Gasteiger partial charge in [-0.15, -0.1) is 0 Å². The fourth-order valence-electron chi connectivity index (χ4n) is 2.87. The lowest BCUT2D eigenvalue weighted by Gasteiger charge is -2.15. The molecule has 0 atom stereocenters. The van der Waals surface area contributed by atoms with Crippen molar-refractivity contribution in [2.75, 3.05) is 18.6 Å². The molecule has 0 N–H and O–H groups in total. The number of carbonyl (C=O) groups excluding carboxylic acids is 2. The molecule has 1 heterocycles. The van der Waals surface area contributed by atoms with Gasteiger partial charge in [0.15, 0.2) is 0 Å². The normalized spacial score (nSPS) is 13.8. The number of methoxy groups -OCH3 is 1. The number of anilines is 1. The van der Waals surface area contributed by atoms with E-state index in [1.165, 1.54) is 0 Å². The van der Waals surface area contributed by atoms with Crippen LogP contribution >= 0.6 is 0 Å². The zero-order valence-corrected chi connectivity index (χ0v) is 14.2. The summed E-state index contributed by atoms with van der Waals surface area (Å²) in [5.41, 5.74) is 1.87. The van der Waals surface area contributed by atoms with Gasteiger partial charge < -0.3 is 14.4 Å². The Hall–Kier alpha value is -2.82. The van der Waals surface area contributed by atoms with Gasteiger partial charge in [0, 0.05) is 25.1 Å². The third kappa shape index (κ3) is 4.38. The summed E-state index contributed by atoms with van der Waals surface area (Å²) < 4.78 is 10.5. The van der Waals surface area contributed by atoms with Crippen LogP contribution < -0.4 is 14.4 Å². The molecule has 0 bridgehead atoms. The van der Waals surface area contributed by atoms with E-state index in [9.17, 15) is 9.59 Å². The topological polar surface area (TPSA) is 55.8 Å². The minimum atomic E-state index is -0.284. The second kappa shape index (κ2) is 7.83. The van der Waals surface area contributed by atoms with Crippen molar-refractivity contribution in [3.05, 3.63) is 54.1 Å². The van der Waals surface area contributed by atoms with Crippen molar-refractivity contribution in [2.45, 2.75) is 25.7 Å². The van der Waals surface area contributed by atoms with Gasteiger partial charge in [-0.05, 0) is 54.8 Å². The molecule has 5 heteroatoms. The highest BCUT2D eigenvalue weighted by atomic mass is 16.5. The predicted octanol–water partition coefficient (Wildman–Crippen LogP) is 3.36. The lowest BCUT2D eigenvalue weighted by Crippen LogP contribution is -2.23. The van der Waals surface area contributed by atoms with Crippen molar-refractivity contribution in [1.82, 2.24) is 0 Å². The number of hydrogen-bond acceptors (Lipinski definition) is 4. The molecule has 0 spiro atoms. The van der Waals surface area contributed by atoms with Crippen LogP contribution in [0.4, 0.5) is 5.69 Å². The number of ether oxygens (including phenoxy) is 2. The van der Waals surface area contributed by atoms with Gasteiger partial charge in [-0.2, -0.15) is 0 Å². The number of nitrogens with zero attached hydrogens (tertiary/aromatic N) is 1. The molecule has 0 aliphatic carbocycles. The summed E-state index contributed by atoms with van der Waals surface area (Å²) in [5, 5.41) is 0. The molecule has 5 nitrogen and oxygen atoms in total. The summed E-state index contributed by atoms with van der Waals surface area (Å²) in [4.78, 5) is 25.5. The Morgan fingerprint density at radius 3 is 2.60 bits per heavy atom. The van der Waals surface area contributed by atoms with Gasteiger partial charge in [-0.3, -0.25) is 9.59 Å². The van der Waals surface area contributed by atoms with Gasteiger partial charge in [-0.1, -0.05) is 12.1 Å². The van der Waals surface area contributed by atoms with Crippen LogP contribution in [0, 0.1) is 0 Å². The van der Waals surface area contributed by atoms with E-state index in [4.69, 9.17) is 9.47 Å². The van der Waals surface area contributed by atoms with E-state index in [1.54, 1.807) is 24.1 Å². The molecule has 1 aliphatic heterocycles. The molecule has 0 saturated carbocycles. The fourth-order valence-corrected chi connectivity index (χ4v) is 2.87. The average Bonchev–Trinajstić information content (AvgIpc) is 3.07. The Morgan fingerprint density at radius 2 is 1.92 bits per heavy atom. The molecule has 2 aromatic carbocycles. The molecule has 1 amide bonds. The molecule has 1 aliphatic rings. The molecule has 0 radical (unpaired) electrons. The van der Waals surface area contributed by atoms with Crippen LogP contribution in [0.1, 0.15) is 24.8 Å². The summed E-state index contributed by atoms with van der Waals surface area (Å²) in [6.45, 7) is 0.749. The van der Waals surface area contributed by atoms with Gasteiger partial charge in [0.25, 0.3) is 0 Å². The second-order valence-electron chi connectivity index (χ2n) is 5.97. The SMILES string of the molecule is COc1cccc(CCC(=O)Oc2ccc(N3CCCC3=O)cc2)c1. The van der Waals surface area contributed by atoms with Crippen molar-refractivity contribution in [3.8, 4) is 11.5 Å². The summed E-state index contributed by atoms with van der Waals surface area (Å²) in [6.07, 6.45) is 2.37. The molecule has 130 valence electrons. The third-order valence-corrected chi connectivity index (χ3v) is 4.21. The second-order valence-corrected chi connectivity index (χ2v) is 5.97. The lowest BCUT2D eigenvalue weighted by molar-refractivity contribution is -0.134. The summed E-state index contributed by atoms with van der Waals surface area (Å²) in [6, 6.07) is 14.7. The number of benzene rings is 2. The highest BCUT2D eigenvalue weighted by Gasteiger charge is 2.21. The highest BCUT2D eigenvalue weighted by molar-refractivity contribution is 5.95. The van der Waals surface area contributed by atoms with Crippen molar-refractivity contribution in [1.29, 1.82) is 0 Å². The molecule has 25 heavy (non-hydrogen) atoms. The number of rotatable bonds is 6. The van der Waals surface area contributed by atoms with Gasteiger partial charge in [0.05, 0.1) is 7.11 Å². The Labute approximate surface area is 147 Å². The number of aryl methyl sites for hydroxylation is 1. The van der Waals surface area contributed by atoms with Crippen LogP contribution in [0.5, 0.6) is 11.5 Å². The minimum absolute atomic E-state index is 0.142. The molecule has 2 aromatic rings. The summed E-state index contributed by atoms with van der Waals surface area (Å²) in [5.74, 6) is 1.12. The first-order valence-electron chi connectivity index (χ1n) is 8.40. The van der Waals surface area contributed by atoms with Crippen molar-refractivity contribution < 1.29 is 19.1 Å². The maximum Gasteiger partial charge on any atom is 0.311 e. The predicted molar refractivity (Wildman–Crippen MR) is 95.0 cm³/mol. The van der Waals surface area contributed by atoms with Crippen LogP contribution in [0.15, 0.2) is 48.5 Å². The van der Waals surface area contributed by atoms with Crippen LogP contribution in [0.25, 0.3) is 0 Å². The van der Waals surface area contributed by atoms with Gasteiger partial charge in [-0.25, -0.2) is 0 Å². The number of amides is 1. The van der Waals surface area contributed by atoms with Crippen LogP contribution in [-0.2, 0) is 16.0 Å². The molecule has 0 unspecified atom stereocenters. The first-order valence-corrected chi connectivity index (χ1v) is 8.40. The largest absolute Gasteiger partial charge is 0.497 e. The number of carbonyl (C=O) groups is 2. The molecule has 0 aromatic heterocycles. The Bertz CT molecular complexity index is 755. The first-order chi connectivity index (χ1) is 12.2.